The van der Waals surface area contributed by atoms with Crippen LogP contribution < -0.4 is 0 Å². The summed E-state index contributed by atoms with van der Waals surface area (Å²) >= 11 is 7.41. The lowest BCUT2D eigenvalue weighted by Crippen LogP contribution is -2.03. The first-order chi connectivity index (χ1) is 8.08. The molecule has 2 aromatic rings. The number of rotatable bonds is 3. The largest absolute Gasteiger partial charge is 0.388 e. The van der Waals surface area contributed by atoms with Crippen molar-refractivity contribution in [1.29, 1.82) is 0 Å². The number of hydrogen-bond donors (Lipinski definition) is 1. The van der Waals surface area contributed by atoms with Crippen molar-refractivity contribution >= 4 is 22.9 Å². The zero-order valence-corrected chi connectivity index (χ0v) is 10.9. The van der Waals surface area contributed by atoms with Gasteiger partial charge in [0, 0.05) is 16.9 Å². The summed E-state index contributed by atoms with van der Waals surface area (Å²) in [5, 5.41) is 12.5. The number of benzene rings is 1. The lowest BCUT2D eigenvalue weighted by molar-refractivity contribution is 0.174. The molecule has 0 aliphatic heterocycles. The number of aliphatic hydroxyl groups excluding tert-OH is 1. The van der Waals surface area contributed by atoms with Crippen LogP contribution in [0.25, 0.3) is 0 Å². The van der Waals surface area contributed by atoms with E-state index in [1.165, 1.54) is 17.4 Å². The third kappa shape index (κ3) is 2.86. The van der Waals surface area contributed by atoms with E-state index >= 15 is 0 Å². The van der Waals surface area contributed by atoms with Crippen molar-refractivity contribution in [2.24, 2.45) is 0 Å². The van der Waals surface area contributed by atoms with Gasteiger partial charge in [0.25, 0.3) is 0 Å². The molecule has 1 aromatic carbocycles. The summed E-state index contributed by atoms with van der Waals surface area (Å²) < 4.78 is 13.6. The van der Waals surface area contributed by atoms with Gasteiger partial charge in [-0.1, -0.05) is 23.7 Å². The van der Waals surface area contributed by atoms with E-state index in [2.05, 4.69) is 0 Å². The second-order valence-corrected chi connectivity index (χ2v) is 5.34. The Kier molecular flexibility index (Phi) is 3.82. The molecule has 17 heavy (non-hydrogen) atoms. The zero-order valence-electron chi connectivity index (χ0n) is 9.28. The summed E-state index contributed by atoms with van der Waals surface area (Å²) in [7, 11) is 0. The fourth-order valence-electron chi connectivity index (χ4n) is 1.66. The maximum absolute atomic E-state index is 13.6. The smallest absolute Gasteiger partial charge is 0.129 e. The molecule has 0 aliphatic rings. The third-order valence-corrected chi connectivity index (χ3v) is 3.99. The van der Waals surface area contributed by atoms with Gasteiger partial charge >= 0.3 is 0 Å². The second kappa shape index (κ2) is 5.17. The molecule has 0 amide bonds. The van der Waals surface area contributed by atoms with Gasteiger partial charge in [-0.15, -0.1) is 11.3 Å². The Morgan fingerprint density at radius 3 is 2.76 bits per heavy atom. The van der Waals surface area contributed by atoms with Gasteiger partial charge in [-0.05, 0) is 30.0 Å². The van der Waals surface area contributed by atoms with Gasteiger partial charge in [0.2, 0.25) is 0 Å². The van der Waals surface area contributed by atoms with Crippen molar-refractivity contribution in [3.8, 4) is 0 Å². The Morgan fingerprint density at radius 2 is 2.18 bits per heavy atom. The summed E-state index contributed by atoms with van der Waals surface area (Å²) in [5.41, 5.74) is 1.16. The van der Waals surface area contributed by atoms with Crippen molar-refractivity contribution in [3.05, 3.63) is 56.5 Å². The first kappa shape index (κ1) is 12.6. The second-order valence-electron chi connectivity index (χ2n) is 3.94. The lowest BCUT2D eigenvalue weighted by atomic mass is 10.0. The lowest BCUT2D eigenvalue weighted by Gasteiger charge is -2.11. The Balaban J connectivity index is 2.20. The average Bonchev–Trinajstić information content (AvgIpc) is 2.64. The average molecular weight is 271 g/mol. The van der Waals surface area contributed by atoms with Crippen molar-refractivity contribution in [1.82, 2.24) is 0 Å². The van der Waals surface area contributed by atoms with Crippen LogP contribution in [0, 0.1) is 12.7 Å². The van der Waals surface area contributed by atoms with Crippen LogP contribution >= 0.6 is 22.9 Å². The number of aryl methyl sites for hydroxylation is 1. The molecule has 0 spiro atoms. The fraction of sp³-hybridized carbons (Fsp3) is 0.231. The van der Waals surface area contributed by atoms with Crippen molar-refractivity contribution in [3.63, 3.8) is 0 Å². The van der Waals surface area contributed by atoms with E-state index in [4.69, 9.17) is 11.6 Å². The molecule has 0 saturated heterocycles. The van der Waals surface area contributed by atoms with Gasteiger partial charge in [0.05, 0.1) is 11.1 Å². The van der Waals surface area contributed by atoms with Gasteiger partial charge in [-0.2, -0.15) is 0 Å². The van der Waals surface area contributed by atoms with Crippen LogP contribution in [0.15, 0.2) is 29.6 Å². The van der Waals surface area contributed by atoms with Crippen LogP contribution in [0.2, 0.25) is 5.02 Å². The predicted octanol–water partition coefficient (Wildman–Crippen LogP) is 4.13. The van der Waals surface area contributed by atoms with E-state index < -0.39 is 6.10 Å². The Morgan fingerprint density at radius 1 is 1.41 bits per heavy atom. The topological polar surface area (TPSA) is 20.2 Å². The first-order valence-corrected chi connectivity index (χ1v) is 6.49. The SMILES string of the molecule is Cc1ccc(C(O)Cc2sccc2Cl)c(F)c1. The molecule has 0 aliphatic carbocycles. The Labute approximate surface area is 108 Å². The first-order valence-electron chi connectivity index (χ1n) is 5.24. The van der Waals surface area contributed by atoms with E-state index in [0.29, 0.717) is 17.0 Å². The normalized spacial score (nSPS) is 12.7. The highest BCUT2D eigenvalue weighted by Crippen LogP contribution is 2.29. The van der Waals surface area contributed by atoms with Crippen molar-refractivity contribution in [2.45, 2.75) is 19.4 Å². The van der Waals surface area contributed by atoms with E-state index in [1.807, 2.05) is 12.3 Å². The molecular weight excluding hydrogens is 259 g/mol. The van der Waals surface area contributed by atoms with Crippen LogP contribution in [0.4, 0.5) is 4.39 Å². The van der Waals surface area contributed by atoms with Crippen LogP contribution in [0.5, 0.6) is 0 Å². The standard InChI is InChI=1S/C13H12ClFOS/c1-8-2-3-9(11(15)6-8)12(16)7-13-10(14)4-5-17-13/h2-6,12,16H,7H2,1H3. The number of aliphatic hydroxyl groups is 1. The minimum absolute atomic E-state index is 0.320. The van der Waals surface area contributed by atoms with E-state index in [1.54, 1.807) is 18.2 Å². The van der Waals surface area contributed by atoms with Gasteiger partial charge in [-0.25, -0.2) is 4.39 Å². The highest BCUT2D eigenvalue weighted by atomic mass is 35.5. The highest BCUT2D eigenvalue weighted by molar-refractivity contribution is 7.10. The van der Waals surface area contributed by atoms with Crippen molar-refractivity contribution < 1.29 is 9.50 Å². The fourth-order valence-corrected chi connectivity index (χ4v) is 2.81. The molecule has 4 heteroatoms. The molecule has 0 saturated carbocycles. The quantitative estimate of drug-likeness (QED) is 0.889. The molecule has 1 N–H and O–H groups in total. The molecule has 2 rings (SSSR count). The van der Waals surface area contributed by atoms with Crippen LogP contribution in [-0.4, -0.2) is 5.11 Å². The summed E-state index contributed by atoms with van der Waals surface area (Å²) in [6, 6.07) is 6.61. The maximum atomic E-state index is 13.6. The van der Waals surface area contributed by atoms with Gasteiger partial charge in [0.15, 0.2) is 0 Å². The monoisotopic (exact) mass is 270 g/mol. The molecule has 90 valence electrons. The molecule has 0 fully saturated rings. The van der Waals surface area contributed by atoms with E-state index in [-0.39, 0.29) is 5.82 Å². The molecular formula is C13H12ClFOS. The molecule has 1 heterocycles. The van der Waals surface area contributed by atoms with Gasteiger partial charge < -0.3 is 5.11 Å². The Bertz CT molecular complexity index is 524. The number of hydrogen-bond acceptors (Lipinski definition) is 2. The zero-order chi connectivity index (χ0) is 12.4. The highest BCUT2D eigenvalue weighted by Gasteiger charge is 2.15. The Hall–Kier alpha value is -0.900. The maximum Gasteiger partial charge on any atom is 0.129 e. The molecule has 1 unspecified atom stereocenters. The van der Waals surface area contributed by atoms with Gasteiger partial charge in [0.1, 0.15) is 5.82 Å². The summed E-state index contributed by atoms with van der Waals surface area (Å²) in [4.78, 5) is 0.874. The number of thiophene rings is 1. The van der Waals surface area contributed by atoms with Gasteiger partial charge in [-0.3, -0.25) is 0 Å². The summed E-state index contributed by atoms with van der Waals surface area (Å²) in [6.07, 6.45) is -0.511. The molecule has 0 radical (unpaired) electrons. The van der Waals surface area contributed by atoms with E-state index in [0.717, 1.165) is 10.4 Å². The minimum atomic E-state index is -0.855. The summed E-state index contributed by atoms with van der Waals surface area (Å²) in [6.45, 7) is 1.81. The molecule has 1 atom stereocenters. The summed E-state index contributed by atoms with van der Waals surface area (Å²) in [5.74, 6) is -0.370. The molecule has 1 nitrogen and oxygen atoms in total. The predicted molar refractivity (Wildman–Crippen MR) is 69.1 cm³/mol. The molecule has 0 bridgehead atoms. The molecule has 1 aromatic heterocycles. The van der Waals surface area contributed by atoms with Crippen LogP contribution in [0.1, 0.15) is 22.1 Å². The third-order valence-electron chi connectivity index (χ3n) is 2.58. The minimum Gasteiger partial charge on any atom is -0.388 e. The number of halogens is 2. The van der Waals surface area contributed by atoms with E-state index in [9.17, 15) is 9.50 Å². The van der Waals surface area contributed by atoms with Crippen LogP contribution in [0.3, 0.4) is 0 Å². The van der Waals surface area contributed by atoms with Crippen LogP contribution in [-0.2, 0) is 6.42 Å². The van der Waals surface area contributed by atoms with Crippen molar-refractivity contribution in [2.75, 3.05) is 0 Å².